The van der Waals surface area contributed by atoms with Crippen molar-refractivity contribution in [3.8, 4) is 6.07 Å². The number of hydrogen-bond donors (Lipinski definition) is 0. The molecule has 0 saturated carbocycles. The van der Waals surface area contributed by atoms with Crippen LogP contribution in [0.4, 0.5) is 5.69 Å². The van der Waals surface area contributed by atoms with Gasteiger partial charge in [0.1, 0.15) is 6.61 Å². The highest BCUT2D eigenvalue weighted by molar-refractivity contribution is 5.92. The van der Waals surface area contributed by atoms with Crippen molar-refractivity contribution in [2.45, 2.75) is 27.4 Å². The number of hydrogen-bond acceptors (Lipinski definition) is 4. The number of aliphatic imine (C=N–C) groups is 1. The number of rotatable bonds is 6. The molecule has 0 unspecified atom stereocenters. The summed E-state index contributed by atoms with van der Waals surface area (Å²) in [6, 6.07) is 12.8. The third kappa shape index (κ3) is 4.93. The minimum absolute atomic E-state index is 0.171. The number of carbonyl (C=O) groups excluding carboxylic acids is 1. The van der Waals surface area contributed by atoms with Gasteiger partial charge in [-0.25, -0.2) is 9.79 Å². The summed E-state index contributed by atoms with van der Waals surface area (Å²) in [5.41, 5.74) is 4.55. The fraction of sp³-hybridized carbons (Fsp3) is 0.286. The van der Waals surface area contributed by atoms with Crippen molar-refractivity contribution in [3.63, 3.8) is 0 Å². The highest BCUT2D eigenvalue weighted by Crippen LogP contribution is 2.24. The molecular weight excluding hydrogens is 326 g/mol. The number of benzene rings is 2. The minimum Gasteiger partial charge on any atom is -0.457 e. The van der Waals surface area contributed by atoms with Crippen molar-refractivity contribution in [3.05, 3.63) is 64.2 Å². The molecule has 0 atom stereocenters. The lowest BCUT2D eigenvalue weighted by Gasteiger charge is -2.12. The molecule has 0 aliphatic heterocycles. The molecule has 0 spiro atoms. The van der Waals surface area contributed by atoms with E-state index in [2.05, 4.69) is 18.0 Å². The van der Waals surface area contributed by atoms with Crippen molar-refractivity contribution < 1.29 is 9.53 Å². The average molecular weight is 349 g/mol. The second-order valence-corrected chi connectivity index (χ2v) is 6.16. The lowest BCUT2D eigenvalue weighted by atomic mass is 10.0. The third-order valence-corrected chi connectivity index (χ3v) is 4.11. The molecular formula is C21H23N3O2. The van der Waals surface area contributed by atoms with Crippen LogP contribution in [0.15, 0.2) is 41.4 Å². The molecule has 0 aromatic heterocycles. The summed E-state index contributed by atoms with van der Waals surface area (Å²) in [5, 5.41) is 8.81. The Bertz CT molecular complexity index is 849. The van der Waals surface area contributed by atoms with Crippen LogP contribution < -0.4 is 0 Å². The monoisotopic (exact) mass is 349 g/mol. The quantitative estimate of drug-likeness (QED) is 0.446. The van der Waals surface area contributed by atoms with E-state index < -0.39 is 0 Å². The number of ether oxygens (including phenoxy) is 1. The van der Waals surface area contributed by atoms with Crippen molar-refractivity contribution in [2.24, 2.45) is 4.99 Å². The predicted octanol–water partition coefficient (Wildman–Crippen LogP) is 4.14. The summed E-state index contributed by atoms with van der Waals surface area (Å²) >= 11 is 0. The number of nitriles is 1. The molecule has 0 aliphatic rings. The number of carbonyl (C=O) groups is 1. The van der Waals surface area contributed by atoms with Gasteiger partial charge in [-0.3, -0.25) is 0 Å². The first kappa shape index (κ1) is 19.2. The molecule has 0 fully saturated rings. The maximum absolute atomic E-state index is 12.4. The molecule has 0 saturated heterocycles. The standard InChI is InChI=1S/C21H23N3O2/c1-5-24(4)14-23-20-11-15(2)19(10-16(20)3)21(25)26-13-18-8-6-17(12-22)7-9-18/h6-11,14H,5,13H2,1-4H3/b23-14+. The molecule has 0 bridgehead atoms. The van der Waals surface area contributed by atoms with E-state index >= 15 is 0 Å². The second kappa shape index (κ2) is 8.82. The van der Waals surface area contributed by atoms with E-state index in [-0.39, 0.29) is 12.6 Å². The Morgan fingerprint density at radius 3 is 2.54 bits per heavy atom. The molecule has 2 rings (SSSR count). The van der Waals surface area contributed by atoms with Crippen molar-refractivity contribution in [1.29, 1.82) is 5.26 Å². The van der Waals surface area contributed by atoms with Crippen LogP contribution in [0.5, 0.6) is 0 Å². The number of nitrogens with zero attached hydrogens (tertiary/aromatic N) is 3. The predicted molar refractivity (Wildman–Crippen MR) is 103 cm³/mol. The van der Waals surface area contributed by atoms with Crippen molar-refractivity contribution in [2.75, 3.05) is 13.6 Å². The Morgan fingerprint density at radius 1 is 1.23 bits per heavy atom. The molecule has 134 valence electrons. The molecule has 0 N–H and O–H groups in total. The van der Waals surface area contributed by atoms with Crippen LogP contribution in [-0.4, -0.2) is 30.8 Å². The Balaban J connectivity index is 2.09. The van der Waals surface area contributed by atoms with E-state index in [4.69, 9.17) is 10.00 Å². The summed E-state index contributed by atoms with van der Waals surface area (Å²) in [6.45, 7) is 6.90. The lowest BCUT2D eigenvalue weighted by molar-refractivity contribution is 0.0472. The van der Waals surface area contributed by atoms with Crippen LogP contribution in [0.25, 0.3) is 0 Å². The smallest absolute Gasteiger partial charge is 0.338 e. The zero-order valence-electron chi connectivity index (χ0n) is 15.6. The van der Waals surface area contributed by atoms with Gasteiger partial charge in [-0.2, -0.15) is 5.26 Å². The summed E-state index contributed by atoms with van der Waals surface area (Å²) in [6.07, 6.45) is 1.78. The van der Waals surface area contributed by atoms with Gasteiger partial charge in [0.15, 0.2) is 0 Å². The molecule has 2 aromatic carbocycles. The Kier molecular flexibility index (Phi) is 6.51. The topological polar surface area (TPSA) is 65.7 Å². The first-order valence-corrected chi connectivity index (χ1v) is 8.46. The van der Waals surface area contributed by atoms with Gasteiger partial charge >= 0.3 is 5.97 Å². The van der Waals surface area contributed by atoms with Gasteiger partial charge in [0.25, 0.3) is 0 Å². The molecule has 0 radical (unpaired) electrons. The fourth-order valence-corrected chi connectivity index (χ4v) is 2.30. The SMILES string of the molecule is CCN(C)/C=N/c1cc(C)c(C(=O)OCc2ccc(C#N)cc2)cc1C. The van der Waals surface area contributed by atoms with E-state index in [9.17, 15) is 4.79 Å². The van der Waals surface area contributed by atoms with Gasteiger partial charge in [0.2, 0.25) is 0 Å². The molecule has 0 aliphatic carbocycles. The second-order valence-electron chi connectivity index (χ2n) is 6.16. The van der Waals surface area contributed by atoms with Gasteiger partial charge in [-0.1, -0.05) is 12.1 Å². The average Bonchev–Trinajstić information content (AvgIpc) is 2.66. The maximum atomic E-state index is 12.4. The molecule has 5 heteroatoms. The van der Waals surface area contributed by atoms with Crippen LogP contribution in [0.3, 0.4) is 0 Å². The summed E-state index contributed by atoms with van der Waals surface area (Å²) in [4.78, 5) is 18.9. The number of aryl methyl sites for hydroxylation is 2. The van der Waals surface area contributed by atoms with E-state index in [0.717, 1.165) is 28.9 Å². The van der Waals surface area contributed by atoms with Gasteiger partial charge in [0.05, 0.1) is 29.2 Å². The molecule has 0 amide bonds. The van der Waals surface area contributed by atoms with Crippen LogP contribution in [0.1, 0.15) is 39.5 Å². The molecule has 5 nitrogen and oxygen atoms in total. The van der Waals surface area contributed by atoms with Crippen LogP contribution in [-0.2, 0) is 11.3 Å². The third-order valence-electron chi connectivity index (χ3n) is 4.11. The zero-order valence-corrected chi connectivity index (χ0v) is 15.6. The van der Waals surface area contributed by atoms with Gasteiger partial charge in [-0.15, -0.1) is 0 Å². The van der Waals surface area contributed by atoms with Gasteiger partial charge in [-0.05, 0) is 61.7 Å². The lowest BCUT2D eigenvalue weighted by Crippen LogP contribution is -2.14. The highest BCUT2D eigenvalue weighted by atomic mass is 16.5. The van der Waals surface area contributed by atoms with E-state index in [1.165, 1.54) is 0 Å². The maximum Gasteiger partial charge on any atom is 0.338 e. The van der Waals surface area contributed by atoms with Crippen molar-refractivity contribution in [1.82, 2.24) is 4.90 Å². The van der Waals surface area contributed by atoms with Crippen LogP contribution in [0.2, 0.25) is 0 Å². The Morgan fingerprint density at radius 2 is 1.92 bits per heavy atom. The molecule has 2 aromatic rings. The van der Waals surface area contributed by atoms with Crippen molar-refractivity contribution >= 4 is 18.0 Å². The first-order valence-electron chi connectivity index (χ1n) is 8.46. The van der Waals surface area contributed by atoms with E-state index in [1.54, 1.807) is 30.6 Å². The normalized spacial score (nSPS) is 10.6. The van der Waals surface area contributed by atoms with Gasteiger partial charge < -0.3 is 9.64 Å². The number of esters is 1. The zero-order chi connectivity index (χ0) is 19.1. The highest BCUT2D eigenvalue weighted by Gasteiger charge is 2.13. The van der Waals surface area contributed by atoms with Gasteiger partial charge in [0, 0.05) is 13.6 Å². The Labute approximate surface area is 154 Å². The van der Waals surface area contributed by atoms with E-state index in [0.29, 0.717) is 11.1 Å². The Hall–Kier alpha value is -3.13. The van der Waals surface area contributed by atoms with E-state index in [1.807, 2.05) is 37.9 Å². The van der Waals surface area contributed by atoms with Crippen LogP contribution in [0, 0.1) is 25.2 Å². The molecule has 26 heavy (non-hydrogen) atoms. The largest absolute Gasteiger partial charge is 0.457 e. The summed E-state index contributed by atoms with van der Waals surface area (Å²) in [7, 11) is 1.96. The summed E-state index contributed by atoms with van der Waals surface area (Å²) in [5.74, 6) is -0.365. The molecule has 0 heterocycles. The fourth-order valence-electron chi connectivity index (χ4n) is 2.30. The summed E-state index contributed by atoms with van der Waals surface area (Å²) < 4.78 is 5.41. The minimum atomic E-state index is -0.365. The first-order chi connectivity index (χ1) is 12.4. The van der Waals surface area contributed by atoms with Crippen LogP contribution >= 0.6 is 0 Å².